The quantitative estimate of drug-likeness (QED) is 0.351. The van der Waals surface area contributed by atoms with Crippen LogP contribution in [0.4, 0.5) is 0 Å². The first-order valence-corrected chi connectivity index (χ1v) is 7.35. The number of rotatable bonds is 6. The van der Waals surface area contributed by atoms with Gasteiger partial charge in [-0.3, -0.25) is 9.11 Å². The van der Waals surface area contributed by atoms with E-state index in [4.69, 9.17) is 9.11 Å². The van der Waals surface area contributed by atoms with Crippen molar-refractivity contribution in [1.82, 2.24) is 0 Å². The predicted octanol–water partition coefficient (Wildman–Crippen LogP) is -4.35. The van der Waals surface area contributed by atoms with E-state index in [2.05, 4.69) is 0 Å². The average Bonchev–Trinajstić information content (AvgIpc) is 2.10. The Morgan fingerprint density at radius 1 is 0.789 bits per heavy atom. The van der Waals surface area contributed by atoms with E-state index in [0.29, 0.717) is 0 Å². The predicted molar refractivity (Wildman–Crippen MR) is 57.8 cm³/mol. The molecule has 108 valence electrons. The van der Waals surface area contributed by atoms with Crippen LogP contribution in [0.15, 0.2) is 0 Å². The van der Waals surface area contributed by atoms with Crippen LogP contribution in [0.2, 0.25) is 0 Å². The number of hydrogen-bond acceptors (Lipinski definition) is 8. The third-order valence-electron chi connectivity index (χ3n) is 1.13. The van der Waals surface area contributed by atoms with E-state index >= 15 is 0 Å². The summed E-state index contributed by atoms with van der Waals surface area (Å²) >= 11 is 0. The molecular weight excluding hydrogens is 336 g/mol. The van der Waals surface area contributed by atoms with Crippen LogP contribution in [0.1, 0.15) is 12.8 Å². The van der Waals surface area contributed by atoms with Crippen molar-refractivity contribution in [2.45, 2.75) is 12.8 Å². The minimum absolute atomic E-state index is 0. The summed E-state index contributed by atoms with van der Waals surface area (Å²) in [7, 11) is -8.28. The molecule has 0 radical (unpaired) electrons. The summed E-state index contributed by atoms with van der Waals surface area (Å²) in [5.41, 5.74) is 0. The smallest absolute Gasteiger partial charge is 0.550 e. The summed E-state index contributed by atoms with van der Waals surface area (Å²) in [5, 5.41) is 19.1. The molecule has 0 saturated carbocycles. The van der Waals surface area contributed by atoms with E-state index in [1.807, 2.05) is 0 Å². The van der Waals surface area contributed by atoms with Gasteiger partial charge >= 0.3 is 37.7 Å². The van der Waals surface area contributed by atoms with Gasteiger partial charge in [-0.25, -0.2) is 0 Å². The van der Waals surface area contributed by atoms with Crippen molar-refractivity contribution < 1.29 is 45.7 Å². The Morgan fingerprint density at radius 2 is 1.00 bits per heavy atom. The maximum absolute atomic E-state index is 9.80. The van der Waals surface area contributed by atoms with Crippen LogP contribution in [0.25, 0.3) is 0 Å². The van der Waals surface area contributed by atoms with Crippen LogP contribution >= 0.6 is 0 Å². The van der Waals surface area contributed by atoms with Gasteiger partial charge < -0.3 is 19.8 Å². The zero-order valence-electron chi connectivity index (χ0n) is 9.51. The van der Waals surface area contributed by atoms with Crippen molar-refractivity contribution in [3.8, 4) is 0 Å². The van der Waals surface area contributed by atoms with Crippen molar-refractivity contribution in [2.24, 2.45) is 0 Å². The fourth-order valence-electron chi connectivity index (χ4n) is 0.425. The fraction of sp³-hybridized carbons (Fsp3) is 0.667. The molecule has 19 heavy (non-hydrogen) atoms. The molecule has 0 aliphatic heterocycles. The summed E-state index contributed by atoms with van der Waals surface area (Å²) in [6.45, 7) is 0. The number of hydrogen-bond donors (Lipinski definition) is 2. The number of carboxylic acid groups (broad SMARTS) is 2. The molecule has 0 atom stereocenters. The van der Waals surface area contributed by atoms with Gasteiger partial charge in [0.2, 0.25) is 0 Å². The van der Waals surface area contributed by atoms with Gasteiger partial charge in [-0.05, 0) is 0 Å². The van der Waals surface area contributed by atoms with Crippen LogP contribution in [0.5, 0.6) is 0 Å². The molecule has 0 aliphatic carbocycles. The van der Waals surface area contributed by atoms with Gasteiger partial charge in [0.1, 0.15) is 0 Å². The maximum Gasteiger partial charge on any atom is 2.00 e. The van der Waals surface area contributed by atoms with E-state index in [9.17, 15) is 36.6 Å². The first-order chi connectivity index (χ1) is 7.83. The number of carbonyl (C=O) groups excluding carboxylic acids is 2. The van der Waals surface area contributed by atoms with E-state index in [-0.39, 0.29) is 37.7 Å². The van der Waals surface area contributed by atoms with E-state index in [1.165, 1.54) is 0 Å². The molecule has 0 aromatic rings. The Balaban J connectivity index is -0.000000256. The van der Waals surface area contributed by atoms with Crippen molar-refractivity contribution in [3.63, 3.8) is 0 Å². The van der Waals surface area contributed by atoms with Gasteiger partial charge in [0.25, 0.3) is 20.2 Å². The Hall–Kier alpha value is 0.0197. The first-order valence-electron chi connectivity index (χ1n) is 4.13. The Bertz CT molecular complexity index is 432. The van der Waals surface area contributed by atoms with Crippen LogP contribution in [-0.4, -0.2) is 87.1 Å². The zero-order chi connectivity index (χ0) is 15.0. The number of aliphatic carboxylic acids is 2. The third-order valence-corrected chi connectivity index (χ3v) is 2.57. The topological polar surface area (TPSA) is 189 Å². The molecular formula is C6H10CaO10S2. The second kappa shape index (κ2) is 10.8. The second-order valence-corrected chi connectivity index (χ2v) is 5.96. The normalized spacial score (nSPS) is 10.6. The molecule has 0 amide bonds. The van der Waals surface area contributed by atoms with E-state index in [1.54, 1.807) is 0 Å². The molecule has 10 nitrogen and oxygen atoms in total. The summed E-state index contributed by atoms with van der Waals surface area (Å²) in [5.74, 6) is -4.55. The number of carbonyl (C=O) groups is 2. The Kier molecular flexibility index (Phi) is 13.6. The largest absolute Gasteiger partial charge is 2.00 e. The molecule has 13 heteroatoms. The molecule has 0 bridgehead atoms. The molecule has 0 saturated heterocycles. The first kappa shape index (κ1) is 24.1. The average molecular weight is 346 g/mol. The molecule has 0 aromatic carbocycles. The summed E-state index contributed by atoms with van der Waals surface area (Å²) in [4.78, 5) is 19.1. The van der Waals surface area contributed by atoms with E-state index in [0.717, 1.165) is 0 Å². The van der Waals surface area contributed by atoms with E-state index < -0.39 is 56.5 Å². The standard InChI is InChI=1S/2C3H6O5S.Ca/c2*4-3(5)1-2-9(6,7)8;/h2*1-2H2,(H,4,5)(H,6,7,8);/q;;+2/p-2. The minimum atomic E-state index is -4.14. The summed E-state index contributed by atoms with van der Waals surface area (Å²) < 4.78 is 55.1. The minimum Gasteiger partial charge on any atom is -0.550 e. The van der Waals surface area contributed by atoms with Crippen molar-refractivity contribution in [3.05, 3.63) is 0 Å². The molecule has 2 N–H and O–H groups in total. The van der Waals surface area contributed by atoms with Crippen LogP contribution in [0.3, 0.4) is 0 Å². The molecule has 0 aromatic heterocycles. The van der Waals surface area contributed by atoms with Crippen molar-refractivity contribution in [1.29, 1.82) is 0 Å². The van der Waals surface area contributed by atoms with Gasteiger partial charge in [-0.15, -0.1) is 0 Å². The van der Waals surface area contributed by atoms with Gasteiger partial charge in [0.05, 0.1) is 11.5 Å². The Morgan fingerprint density at radius 3 is 1.05 bits per heavy atom. The van der Waals surface area contributed by atoms with Gasteiger partial charge in [0, 0.05) is 24.8 Å². The SMILES string of the molecule is O=C([O-])CCS(=O)(=O)O.O=C([O-])CCS(=O)(=O)O.[Ca+2]. The molecule has 0 fully saturated rings. The second-order valence-electron chi connectivity index (χ2n) is 2.82. The summed E-state index contributed by atoms with van der Waals surface area (Å²) in [6, 6.07) is 0. The molecule has 0 unspecified atom stereocenters. The summed E-state index contributed by atoms with van der Waals surface area (Å²) in [6.07, 6.45) is -1.34. The Labute approximate surface area is 139 Å². The molecule has 0 aliphatic rings. The van der Waals surface area contributed by atoms with Crippen LogP contribution < -0.4 is 10.2 Å². The molecule has 0 spiro atoms. The molecule has 0 rings (SSSR count). The fourth-order valence-corrected chi connectivity index (χ4v) is 1.27. The van der Waals surface area contributed by atoms with Gasteiger partial charge in [-0.1, -0.05) is 0 Å². The monoisotopic (exact) mass is 346 g/mol. The van der Waals surface area contributed by atoms with Crippen molar-refractivity contribution >= 4 is 69.9 Å². The van der Waals surface area contributed by atoms with Crippen LogP contribution in [0, 0.1) is 0 Å². The van der Waals surface area contributed by atoms with Crippen LogP contribution in [-0.2, 0) is 29.8 Å². The number of carboxylic acids is 2. The third kappa shape index (κ3) is 32.0. The maximum atomic E-state index is 9.80. The van der Waals surface area contributed by atoms with Crippen molar-refractivity contribution in [2.75, 3.05) is 11.5 Å². The van der Waals surface area contributed by atoms with Gasteiger partial charge in [0.15, 0.2) is 0 Å². The molecule has 0 heterocycles. The van der Waals surface area contributed by atoms with Gasteiger partial charge in [-0.2, -0.15) is 16.8 Å². The zero-order valence-corrected chi connectivity index (χ0v) is 13.4.